The van der Waals surface area contributed by atoms with Crippen molar-refractivity contribution in [2.24, 2.45) is 23.7 Å². The van der Waals surface area contributed by atoms with Gasteiger partial charge in [-0.25, -0.2) is 19.9 Å². The number of aromatic nitrogens is 6. The lowest BCUT2D eigenvalue weighted by Gasteiger charge is -2.47. The Morgan fingerprint density at radius 3 is 2.68 bits per heavy atom. The fraction of sp³-hybridized carbons (Fsp3) is 0.520. The van der Waals surface area contributed by atoms with Crippen LogP contribution in [0.25, 0.3) is 33.5 Å². The van der Waals surface area contributed by atoms with Gasteiger partial charge in [-0.15, -0.1) is 0 Å². The van der Waals surface area contributed by atoms with Gasteiger partial charge in [0.25, 0.3) is 0 Å². The Morgan fingerprint density at radius 2 is 1.90 bits per heavy atom. The minimum absolute atomic E-state index is 0.351. The predicted molar refractivity (Wildman–Crippen MR) is 123 cm³/mol. The summed E-state index contributed by atoms with van der Waals surface area (Å²) in [6.45, 7) is 6.90. The highest BCUT2D eigenvalue weighted by atomic mass is 15.1. The van der Waals surface area contributed by atoms with Crippen molar-refractivity contribution >= 4 is 22.1 Å². The molecule has 2 unspecified atom stereocenters. The van der Waals surface area contributed by atoms with Crippen LogP contribution in [-0.4, -0.2) is 29.5 Å². The van der Waals surface area contributed by atoms with Crippen LogP contribution in [-0.2, 0) is 6.42 Å². The largest absolute Gasteiger partial charge is 0.345 e. The first-order valence-electron chi connectivity index (χ1n) is 11.7. The van der Waals surface area contributed by atoms with Gasteiger partial charge in [0.2, 0.25) is 0 Å². The third-order valence-corrected chi connectivity index (χ3v) is 8.07. The summed E-state index contributed by atoms with van der Waals surface area (Å²) >= 11 is 0. The molecule has 0 amide bonds. The number of nitrogens with one attached hydrogen (secondary N) is 1. The number of hydrogen-bond donors (Lipinski definition) is 1. The molecule has 0 saturated heterocycles. The van der Waals surface area contributed by atoms with Gasteiger partial charge >= 0.3 is 0 Å². The van der Waals surface area contributed by atoms with Gasteiger partial charge in [-0.3, -0.25) is 0 Å². The third kappa shape index (κ3) is 2.99. The fourth-order valence-corrected chi connectivity index (χ4v) is 6.29. The van der Waals surface area contributed by atoms with Crippen LogP contribution in [0.3, 0.4) is 0 Å². The Morgan fingerprint density at radius 1 is 1.10 bits per heavy atom. The zero-order valence-electron chi connectivity index (χ0n) is 18.5. The normalized spacial score (nSPS) is 25.8. The molecule has 4 aromatic heterocycles. The summed E-state index contributed by atoms with van der Waals surface area (Å²) in [7, 11) is 0. The molecule has 1 N–H and O–H groups in total. The van der Waals surface area contributed by atoms with Crippen molar-refractivity contribution < 1.29 is 0 Å². The molecule has 3 fully saturated rings. The maximum atomic E-state index is 5.18. The fourth-order valence-electron chi connectivity index (χ4n) is 6.29. The van der Waals surface area contributed by atoms with Crippen LogP contribution in [0.4, 0.5) is 0 Å². The highest BCUT2D eigenvalue weighted by molar-refractivity contribution is 5.92. The number of aromatic amines is 1. The summed E-state index contributed by atoms with van der Waals surface area (Å²) in [5.74, 6) is 4.04. The zero-order valence-corrected chi connectivity index (χ0v) is 18.5. The van der Waals surface area contributed by atoms with Gasteiger partial charge in [-0.1, -0.05) is 6.92 Å². The molecule has 0 radical (unpaired) electrons. The first-order valence-corrected chi connectivity index (χ1v) is 11.7. The van der Waals surface area contributed by atoms with Crippen LogP contribution in [0.15, 0.2) is 31.0 Å². The molecule has 7 rings (SSSR count). The van der Waals surface area contributed by atoms with Gasteiger partial charge in [0.1, 0.15) is 17.6 Å². The Hall–Kier alpha value is -2.76. The molecule has 31 heavy (non-hydrogen) atoms. The average molecular weight is 415 g/mol. The molecular formula is C25H30N6. The summed E-state index contributed by atoms with van der Waals surface area (Å²) in [5.41, 5.74) is 4.05. The van der Waals surface area contributed by atoms with E-state index in [1.54, 1.807) is 6.33 Å². The Bertz CT molecular complexity index is 1240. The maximum Gasteiger partial charge on any atom is 0.164 e. The van der Waals surface area contributed by atoms with E-state index in [1.165, 1.54) is 36.8 Å². The maximum absolute atomic E-state index is 5.18. The summed E-state index contributed by atoms with van der Waals surface area (Å²) in [6, 6.07) is 2.57. The number of nitrogens with zero attached hydrogens (tertiary/aromatic N) is 5. The predicted octanol–water partition coefficient (Wildman–Crippen LogP) is 5.57. The minimum atomic E-state index is 0.351. The summed E-state index contributed by atoms with van der Waals surface area (Å²) in [6.07, 6.45) is 14.3. The summed E-state index contributed by atoms with van der Waals surface area (Å²) < 4.78 is 2.27. The van der Waals surface area contributed by atoms with E-state index < -0.39 is 0 Å². The highest BCUT2D eigenvalue weighted by Gasteiger charge is 2.41. The highest BCUT2D eigenvalue weighted by Crippen LogP contribution is 2.50. The monoisotopic (exact) mass is 414 g/mol. The lowest BCUT2D eigenvalue weighted by atomic mass is 9.58. The van der Waals surface area contributed by atoms with E-state index >= 15 is 0 Å². The van der Waals surface area contributed by atoms with E-state index in [0.29, 0.717) is 6.04 Å². The quantitative estimate of drug-likeness (QED) is 0.474. The summed E-state index contributed by atoms with van der Waals surface area (Å²) in [4.78, 5) is 22.1. The SMILES string of the molecule is CC1C2CCC(CC2)C1Cc1nc(-c2c[nH]c3ncncc23)nc2c1ccn2C(C)C. The van der Waals surface area contributed by atoms with E-state index in [0.717, 1.165) is 58.2 Å². The average Bonchev–Trinajstić information content (AvgIpc) is 3.41. The molecule has 160 valence electrons. The number of fused-ring (bicyclic) bond motifs is 5. The van der Waals surface area contributed by atoms with Gasteiger partial charge in [0, 0.05) is 41.0 Å². The standard InChI is InChI=1S/C25H30N6/c1-14(2)31-9-8-18-22(10-19-15(3)16-4-6-17(19)7-5-16)29-24(30-25(18)31)21-12-27-23-20(21)11-26-13-28-23/h8-9,11-17,19H,4-7,10H2,1-3H3,(H,26,27,28). The van der Waals surface area contributed by atoms with Crippen molar-refractivity contribution in [2.45, 2.75) is 58.9 Å². The first kappa shape index (κ1) is 19.0. The molecule has 6 heteroatoms. The van der Waals surface area contributed by atoms with E-state index in [4.69, 9.17) is 9.97 Å². The molecule has 3 aliphatic rings. The smallest absolute Gasteiger partial charge is 0.164 e. The zero-order chi connectivity index (χ0) is 21.1. The van der Waals surface area contributed by atoms with Crippen LogP contribution in [0.1, 0.15) is 58.2 Å². The van der Waals surface area contributed by atoms with Crippen LogP contribution in [0, 0.1) is 23.7 Å². The Kier molecular flexibility index (Phi) is 4.37. The van der Waals surface area contributed by atoms with Gasteiger partial charge < -0.3 is 9.55 Å². The topological polar surface area (TPSA) is 72.3 Å². The van der Waals surface area contributed by atoms with Crippen molar-refractivity contribution in [1.29, 1.82) is 0 Å². The molecule has 3 saturated carbocycles. The molecule has 2 bridgehead atoms. The number of H-pyrrole nitrogens is 1. The molecule has 0 aromatic carbocycles. The van der Waals surface area contributed by atoms with Crippen LogP contribution in [0.5, 0.6) is 0 Å². The molecule has 4 heterocycles. The molecular weight excluding hydrogens is 384 g/mol. The van der Waals surface area contributed by atoms with Crippen molar-refractivity contribution in [3.63, 3.8) is 0 Å². The van der Waals surface area contributed by atoms with Crippen molar-refractivity contribution in [3.8, 4) is 11.4 Å². The number of hydrogen-bond acceptors (Lipinski definition) is 4. The van der Waals surface area contributed by atoms with Crippen LogP contribution >= 0.6 is 0 Å². The van der Waals surface area contributed by atoms with Crippen molar-refractivity contribution in [2.75, 3.05) is 0 Å². The number of rotatable bonds is 4. The lowest BCUT2D eigenvalue weighted by molar-refractivity contribution is 0.0341. The Labute approximate surface area is 182 Å². The van der Waals surface area contributed by atoms with Crippen molar-refractivity contribution in [3.05, 3.63) is 36.7 Å². The third-order valence-electron chi connectivity index (χ3n) is 8.07. The second kappa shape index (κ2) is 7.14. The molecule has 4 aromatic rings. The molecule has 6 nitrogen and oxygen atoms in total. The molecule has 0 spiro atoms. The van der Waals surface area contributed by atoms with E-state index in [2.05, 4.69) is 52.6 Å². The van der Waals surface area contributed by atoms with Gasteiger partial charge in [0.15, 0.2) is 5.82 Å². The van der Waals surface area contributed by atoms with Crippen LogP contribution < -0.4 is 0 Å². The molecule has 3 aliphatic carbocycles. The van der Waals surface area contributed by atoms with Gasteiger partial charge in [-0.2, -0.15) is 0 Å². The second-order valence-corrected chi connectivity index (χ2v) is 9.94. The van der Waals surface area contributed by atoms with Crippen LogP contribution in [0.2, 0.25) is 0 Å². The van der Waals surface area contributed by atoms with Crippen molar-refractivity contribution in [1.82, 2.24) is 29.5 Å². The molecule has 2 atom stereocenters. The first-order chi connectivity index (χ1) is 15.1. The lowest BCUT2D eigenvalue weighted by Crippen LogP contribution is -2.39. The van der Waals surface area contributed by atoms with Gasteiger partial charge in [0.05, 0.1) is 5.69 Å². The minimum Gasteiger partial charge on any atom is -0.345 e. The van der Waals surface area contributed by atoms with Gasteiger partial charge in [-0.05, 0) is 75.7 Å². The van der Waals surface area contributed by atoms with E-state index in [-0.39, 0.29) is 0 Å². The second-order valence-electron chi connectivity index (χ2n) is 9.94. The molecule has 0 aliphatic heterocycles. The summed E-state index contributed by atoms with van der Waals surface area (Å²) in [5, 5.41) is 2.18. The van der Waals surface area contributed by atoms with E-state index in [9.17, 15) is 0 Å². The van der Waals surface area contributed by atoms with E-state index in [1.807, 2.05) is 12.4 Å². The Balaban J connectivity index is 1.50.